The van der Waals surface area contributed by atoms with E-state index in [0.717, 1.165) is 12.8 Å². The maximum atomic E-state index is 12.6. The number of amides is 3. The number of nitrogens with one attached hydrogen (secondary N) is 2. The van der Waals surface area contributed by atoms with Gasteiger partial charge in [-0.15, -0.1) is 0 Å². The zero-order valence-electron chi connectivity index (χ0n) is 16.0. The largest absolute Gasteiger partial charge is 0.493 e. The first-order chi connectivity index (χ1) is 12.4. The number of anilines is 1. The third-order valence-electron chi connectivity index (χ3n) is 4.53. The average molecular weight is 363 g/mol. The topological polar surface area (TPSA) is 79.9 Å². The second-order valence-electron chi connectivity index (χ2n) is 6.85. The number of carbonyl (C=O) groups is 2. The fraction of sp³-hybridized carbons (Fsp3) is 0.579. The van der Waals surface area contributed by atoms with Crippen LogP contribution in [-0.4, -0.2) is 50.7 Å². The first kappa shape index (κ1) is 19.9. The van der Waals surface area contributed by atoms with E-state index in [4.69, 9.17) is 9.47 Å². The van der Waals surface area contributed by atoms with Crippen molar-refractivity contribution in [3.63, 3.8) is 0 Å². The monoisotopic (exact) mass is 363 g/mol. The van der Waals surface area contributed by atoms with E-state index in [9.17, 15) is 9.59 Å². The van der Waals surface area contributed by atoms with Crippen LogP contribution < -0.4 is 20.1 Å². The SMILES string of the molecule is COc1ccc(NC(=O)N2CCC[C@H](CNC(=O)C(C)C)C2)cc1OC. The van der Waals surface area contributed by atoms with Crippen LogP contribution in [0.5, 0.6) is 11.5 Å². The minimum atomic E-state index is -0.142. The zero-order valence-corrected chi connectivity index (χ0v) is 16.0. The summed E-state index contributed by atoms with van der Waals surface area (Å²) >= 11 is 0. The van der Waals surface area contributed by atoms with E-state index >= 15 is 0 Å². The van der Waals surface area contributed by atoms with Crippen molar-refractivity contribution in [2.24, 2.45) is 11.8 Å². The fourth-order valence-electron chi connectivity index (χ4n) is 2.98. The number of methoxy groups -OCH3 is 2. The lowest BCUT2D eigenvalue weighted by Crippen LogP contribution is -2.45. The molecule has 2 rings (SSSR count). The van der Waals surface area contributed by atoms with Crippen molar-refractivity contribution in [3.8, 4) is 11.5 Å². The minimum absolute atomic E-state index is 0.0250. The normalized spacial score (nSPS) is 17.0. The summed E-state index contributed by atoms with van der Waals surface area (Å²) in [5, 5.41) is 5.87. The molecular weight excluding hydrogens is 334 g/mol. The van der Waals surface area contributed by atoms with Crippen molar-refractivity contribution in [1.29, 1.82) is 0 Å². The number of carbonyl (C=O) groups excluding carboxylic acids is 2. The summed E-state index contributed by atoms with van der Waals surface area (Å²) in [6, 6.07) is 5.14. The third-order valence-corrected chi connectivity index (χ3v) is 4.53. The first-order valence-electron chi connectivity index (χ1n) is 9.00. The summed E-state index contributed by atoms with van der Waals surface area (Å²) in [5.74, 6) is 1.49. The molecule has 3 amide bonds. The molecule has 7 heteroatoms. The van der Waals surface area contributed by atoms with E-state index in [1.54, 1.807) is 37.3 Å². The molecule has 0 aliphatic carbocycles. The molecule has 1 fully saturated rings. The highest BCUT2D eigenvalue weighted by Crippen LogP contribution is 2.30. The Bertz CT molecular complexity index is 633. The molecule has 1 saturated heterocycles. The Hall–Kier alpha value is -2.44. The van der Waals surface area contributed by atoms with Crippen LogP contribution in [0.3, 0.4) is 0 Å². The molecule has 1 aliphatic rings. The number of nitrogens with zero attached hydrogens (tertiary/aromatic N) is 1. The van der Waals surface area contributed by atoms with E-state index in [1.165, 1.54) is 0 Å². The lowest BCUT2D eigenvalue weighted by molar-refractivity contribution is -0.124. The van der Waals surface area contributed by atoms with E-state index in [2.05, 4.69) is 10.6 Å². The Morgan fingerprint density at radius 1 is 1.23 bits per heavy atom. The number of benzene rings is 1. The van der Waals surface area contributed by atoms with Crippen molar-refractivity contribution >= 4 is 17.6 Å². The number of likely N-dealkylation sites (tertiary alicyclic amines) is 1. The summed E-state index contributed by atoms with van der Waals surface area (Å²) < 4.78 is 10.5. The predicted octanol–water partition coefficient (Wildman–Crippen LogP) is 2.72. The zero-order chi connectivity index (χ0) is 19.1. The predicted molar refractivity (Wildman–Crippen MR) is 101 cm³/mol. The van der Waals surface area contributed by atoms with Gasteiger partial charge in [0.15, 0.2) is 11.5 Å². The van der Waals surface area contributed by atoms with Crippen LogP contribution in [0.1, 0.15) is 26.7 Å². The molecule has 0 aromatic heterocycles. The second-order valence-corrected chi connectivity index (χ2v) is 6.85. The van der Waals surface area contributed by atoms with Gasteiger partial charge in [0.05, 0.1) is 14.2 Å². The molecule has 2 N–H and O–H groups in total. The Kier molecular flexibility index (Phi) is 7.12. The van der Waals surface area contributed by atoms with Gasteiger partial charge in [-0.1, -0.05) is 13.8 Å². The van der Waals surface area contributed by atoms with Crippen LogP contribution >= 0.6 is 0 Å². The number of urea groups is 1. The molecule has 0 saturated carbocycles. The molecule has 1 heterocycles. The molecule has 0 bridgehead atoms. The van der Waals surface area contributed by atoms with Crippen molar-refractivity contribution in [3.05, 3.63) is 18.2 Å². The van der Waals surface area contributed by atoms with Crippen LogP contribution in [-0.2, 0) is 4.79 Å². The molecule has 7 nitrogen and oxygen atoms in total. The lowest BCUT2D eigenvalue weighted by Gasteiger charge is -2.33. The summed E-state index contributed by atoms with van der Waals surface area (Å²) in [7, 11) is 3.13. The molecule has 1 aromatic rings. The molecule has 0 unspecified atom stereocenters. The van der Waals surface area contributed by atoms with Crippen molar-refractivity contribution in [2.45, 2.75) is 26.7 Å². The van der Waals surface area contributed by atoms with Gasteiger partial charge in [-0.3, -0.25) is 4.79 Å². The van der Waals surface area contributed by atoms with Gasteiger partial charge in [0.1, 0.15) is 0 Å². The maximum absolute atomic E-state index is 12.6. The van der Waals surface area contributed by atoms with Gasteiger partial charge in [0.2, 0.25) is 5.91 Å². The van der Waals surface area contributed by atoms with Crippen LogP contribution in [0, 0.1) is 11.8 Å². The molecule has 1 aromatic carbocycles. The molecule has 0 radical (unpaired) electrons. The second kappa shape index (κ2) is 9.31. The van der Waals surface area contributed by atoms with E-state index in [0.29, 0.717) is 36.8 Å². The first-order valence-corrected chi connectivity index (χ1v) is 9.00. The minimum Gasteiger partial charge on any atom is -0.493 e. The van der Waals surface area contributed by atoms with Gasteiger partial charge in [-0.05, 0) is 30.9 Å². The van der Waals surface area contributed by atoms with Crippen molar-refractivity contribution in [1.82, 2.24) is 10.2 Å². The Labute approximate surface area is 155 Å². The van der Waals surface area contributed by atoms with Gasteiger partial charge in [0, 0.05) is 37.3 Å². The highest BCUT2D eigenvalue weighted by atomic mass is 16.5. The van der Waals surface area contributed by atoms with Gasteiger partial charge >= 0.3 is 6.03 Å². The quantitative estimate of drug-likeness (QED) is 0.814. The Morgan fingerprint density at radius 3 is 2.62 bits per heavy atom. The van der Waals surface area contributed by atoms with Gasteiger partial charge in [-0.2, -0.15) is 0 Å². The van der Waals surface area contributed by atoms with Gasteiger partial charge in [0.25, 0.3) is 0 Å². The third kappa shape index (κ3) is 5.28. The van der Waals surface area contributed by atoms with Crippen LogP contribution in [0.15, 0.2) is 18.2 Å². The molecule has 26 heavy (non-hydrogen) atoms. The highest BCUT2D eigenvalue weighted by Gasteiger charge is 2.24. The summed E-state index contributed by atoms with van der Waals surface area (Å²) in [6.07, 6.45) is 1.94. The molecule has 144 valence electrons. The number of rotatable bonds is 6. The number of hydrogen-bond donors (Lipinski definition) is 2. The fourth-order valence-corrected chi connectivity index (χ4v) is 2.98. The number of ether oxygens (including phenoxy) is 2. The maximum Gasteiger partial charge on any atom is 0.321 e. The molecule has 1 atom stereocenters. The Balaban J connectivity index is 1.91. The van der Waals surface area contributed by atoms with Crippen LogP contribution in [0.2, 0.25) is 0 Å². The number of piperidine rings is 1. The molecular formula is C19H29N3O4. The van der Waals surface area contributed by atoms with Crippen molar-refractivity contribution in [2.75, 3.05) is 39.2 Å². The Morgan fingerprint density at radius 2 is 1.96 bits per heavy atom. The highest BCUT2D eigenvalue weighted by molar-refractivity contribution is 5.89. The lowest BCUT2D eigenvalue weighted by atomic mass is 9.98. The molecule has 1 aliphatic heterocycles. The van der Waals surface area contributed by atoms with Crippen molar-refractivity contribution < 1.29 is 19.1 Å². The summed E-state index contributed by atoms with van der Waals surface area (Å²) in [6.45, 7) is 5.71. The van der Waals surface area contributed by atoms with E-state index in [-0.39, 0.29) is 23.8 Å². The summed E-state index contributed by atoms with van der Waals surface area (Å²) in [5.41, 5.74) is 0.655. The van der Waals surface area contributed by atoms with Crippen LogP contribution in [0.4, 0.5) is 10.5 Å². The van der Waals surface area contributed by atoms with E-state index in [1.807, 2.05) is 13.8 Å². The molecule has 0 spiro atoms. The summed E-state index contributed by atoms with van der Waals surface area (Å²) in [4.78, 5) is 26.1. The van der Waals surface area contributed by atoms with Gasteiger partial charge < -0.3 is 25.0 Å². The average Bonchev–Trinajstić information content (AvgIpc) is 2.65. The standard InChI is InChI=1S/C19H29N3O4/c1-13(2)18(23)20-11-14-6-5-9-22(12-14)19(24)21-15-7-8-16(25-3)17(10-15)26-4/h7-8,10,13-14H,5-6,9,11-12H2,1-4H3,(H,20,23)(H,21,24)/t14-/m1/s1. The smallest absolute Gasteiger partial charge is 0.321 e. The van der Waals surface area contributed by atoms with Gasteiger partial charge in [-0.25, -0.2) is 4.79 Å². The number of hydrogen-bond acceptors (Lipinski definition) is 4. The van der Waals surface area contributed by atoms with Crippen LogP contribution in [0.25, 0.3) is 0 Å². The van der Waals surface area contributed by atoms with E-state index < -0.39 is 0 Å².